The third-order valence-electron chi connectivity index (χ3n) is 4.90. The third kappa shape index (κ3) is 4.90. The van der Waals surface area contributed by atoms with E-state index in [2.05, 4.69) is 10.6 Å². The molecule has 0 bridgehead atoms. The number of anilines is 1. The van der Waals surface area contributed by atoms with E-state index in [-0.39, 0.29) is 23.0 Å². The van der Waals surface area contributed by atoms with Crippen LogP contribution in [0.3, 0.4) is 0 Å². The third-order valence-corrected chi connectivity index (χ3v) is 5.19. The average Bonchev–Trinajstić information content (AvgIpc) is 3.13. The standard InChI is InChI=1S/C20H21ClF3N3O/c1-12(14-2-4-17(22)16(21)8-14)26-20(28)25-10-13-6-7-27(11-13)15-3-5-18(23)19(24)9-15/h2-5,8-9,12-13H,6-7,10-11H2,1H3,(H2,25,26,28). The minimum Gasteiger partial charge on any atom is -0.371 e. The fourth-order valence-corrected chi connectivity index (χ4v) is 3.45. The first-order valence-corrected chi connectivity index (χ1v) is 9.40. The van der Waals surface area contributed by atoms with Crippen molar-refractivity contribution in [1.29, 1.82) is 0 Å². The van der Waals surface area contributed by atoms with Crippen molar-refractivity contribution in [3.8, 4) is 0 Å². The van der Waals surface area contributed by atoms with Gasteiger partial charge in [-0.25, -0.2) is 18.0 Å². The van der Waals surface area contributed by atoms with Gasteiger partial charge >= 0.3 is 6.03 Å². The van der Waals surface area contributed by atoms with Crippen LogP contribution in [0.1, 0.15) is 24.9 Å². The highest BCUT2D eigenvalue weighted by Crippen LogP contribution is 2.25. The Morgan fingerprint density at radius 1 is 1.18 bits per heavy atom. The highest BCUT2D eigenvalue weighted by atomic mass is 35.5. The molecule has 2 unspecified atom stereocenters. The average molecular weight is 412 g/mol. The lowest BCUT2D eigenvalue weighted by Crippen LogP contribution is -2.40. The lowest BCUT2D eigenvalue weighted by atomic mass is 10.1. The van der Waals surface area contributed by atoms with Crippen LogP contribution in [-0.2, 0) is 0 Å². The number of hydrogen-bond acceptors (Lipinski definition) is 2. The number of carbonyl (C=O) groups excluding carboxylic acids is 1. The van der Waals surface area contributed by atoms with Gasteiger partial charge in [0.05, 0.1) is 11.1 Å². The molecule has 0 aromatic heterocycles. The van der Waals surface area contributed by atoms with Gasteiger partial charge in [0.2, 0.25) is 0 Å². The second-order valence-corrected chi connectivity index (χ2v) is 7.36. The second kappa shape index (κ2) is 8.73. The van der Waals surface area contributed by atoms with Gasteiger partial charge in [-0.15, -0.1) is 0 Å². The van der Waals surface area contributed by atoms with Crippen LogP contribution in [0.4, 0.5) is 23.7 Å². The van der Waals surface area contributed by atoms with E-state index in [0.717, 1.165) is 12.5 Å². The molecule has 1 aliphatic rings. The molecule has 1 fully saturated rings. The molecule has 0 spiro atoms. The molecular formula is C20H21ClF3N3O. The zero-order chi connectivity index (χ0) is 20.3. The van der Waals surface area contributed by atoms with Crippen molar-refractivity contribution < 1.29 is 18.0 Å². The van der Waals surface area contributed by atoms with E-state index in [4.69, 9.17) is 11.6 Å². The van der Waals surface area contributed by atoms with Gasteiger partial charge < -0.3 is 15.5 Å². The summed E-state index contributed by atoms with van der Waals surface area (Å²) in [4.78, 5) is 14.1. The second-order valence-electron chi connectivity index (χ2n) is 6.95. The van der Waals surface area contributed by atoms with E-state index < -0.39 is 17.5 Å². The van der Waals surface area contributed by atoms with Gasteiger partial charge in [-0.2, -0.15) is 0 Å². The van der Waals surface area contributed by atoms with Crippen LogP contribution in [0.15, 0.2) is 36.4 Å². The molecule has 2 atom stereocenters. The number of amides is 2. The summed E-state index contributed by atoms with van der Waals surface area (Å²) in [6.07, 6.45) is 0.836. The van der Waals surface area contributed by atoms with Gasteiger partial charge in [0.15, 0.2) is 11.6 Å². The molecule has 1 aliphatic heterocycles. The zero-order valence-corrected chi connectivity index (χ0v) is 16.1. The number of halogens is 4. The molecule has 2 aromatic carbocycles. The predicted molar refractivity (Wildman–Crippen MR) is 103 cm³/mol. The molecule has 4 nitrogen and oxygen atoms in total. The summed E-state index contributed by atoms with van der Waals surface area (Å²) in [5.41, 5.74) is 1.33. The van der Waals surface area contributed by atoms with Crippen LogP contribution in [0.2, 0.25) is 5.02 Å². The van der Waals surface area contributed by atoms with Crippen molar-refractivity contribution in [1.82, 2.24) is 10.6 Å². The first kappa shape index (κ1) is 20.3. The Balaban J connectivity index is 1.47. The summed E-state index contributed by atoms with van der Waals surface area (Å²) in [7, 11) is 0. The predicted octanol–water partition coefficient (Wildman–Crippen LogP) is 4.64. The molecule has 28 heavy (non-hydrogen) atoms. The summed E-state index contributed by atoms with van der Waals surface area (Å²) < 4.78 is 39.7. The topological polar surface area (TPSA) is 44.4 Å². The van der Waals surface area contributed by atoms with Crippen molar-refractivity contribution in [2.24, 2.45) is 5.92 Å². The smallest absolute Gasteiger partial charge is 0.315 e. The molecule has 2 aromatic rings. The van der Waals surface area contributed by atoms with Crippen LogP contribution in [0, 0.1) is 23.4 Å². The summed E-state index contributed by atoms with van der Waals surface area (Å²) in [6, 6.07) is 7.51. The van der Waals surface area contributed by atoms with E-state index in [1.807, 2.05) is 4.90 Å². The molecule has 2 N–H and O–H groups in total. The van der Waals surface area contributed by atoms with Crippen molar-refractivity contribution in [2.75, 3.05) is 24.5 Å². The maximum atomic E-state index is 13.4. The largest absolute Gasteiger partial charge is 0.371 e. The lowest BCUT2D eigenvalue weighted by molar-refractivity contribution is 0.236. The molecule has 0 radical (unpaired) electrons. The van der Waals surface area contributed by atoms with Crippen molar-refractivity contribution in [2.45, 2.75) is 19.4 Å². The zero-order valence-electron chi connectivity index (χ0n) is 15.3. The Labute approximate surface area is 166 Å². The molecule has 8 heteroatoms. The Hall–Kier alpha value is -2.41. The Morgan fingerprint density at radius 3 is 2.64 bits per heavy atom. The molecule has 3 rings (SSSR count). The van der Waals surface area contributed by atoms with Crippen molar-refractivity contribution in [3.63, 3.8) is 0 Å². The number of benzene rings is 2. The summed E-state index contributed by atoms with van der Waals surface area (Å²) >= 11 is 5.77. The Kier molecular flexibility index (Phi) is 6.34. The van der Waals surface area contributed by atoms with E-state index in [9.17, 15) is 18.0 Å². The normalized spacial score (nSPS) is 17.5. The van der Waals surface area contributed by atoms with Gasteiger partial charge in [-0.05, 0) is 49.1 Å². The van der Waals surface area contributed by atoms with Gasteiger partial charge in [-0.3, -0.25) is 0 Å². The summed E-state index contributed by atoms with van der Waals surface area (Å²) in [5.74, 6) is -2.04. The highest BCUT2D eigenvalue weighted by molar-refractivity contribution is 6.30. The highest BCUT2D eigenvalue weighted by Gasteiger charge is 2.24. The summed E-state index contributed by atoms with van der Waals surface area (Å²) in [5, 5.41) is 5.62. The van der Waals surface area contributed by atoms with Crippen LogP contribution in [-0.4, -0.2) is 25.7 Å². The van der Waals surface area contributed by atoms with Gasteiger partial charge in [0, 0.05) is 31.4 Å². The SMILES string of the molecule is CC(NC(=O)NCC1CCN(c2ccc(F)c(F)c2)C1)c1ccc(F)c(Cl)c1. The first-order chi connectivity index (χ1) is 13.3. The van der Waals surface area contributed by atoms with Crippen molar-refractivity contribution >= 4 is 23.3 Å². The Bertz CT molecular complexity index is 865. The van der Waals surface area contributed by atoms with E-state index in [0.29, 0.717) is 30.9 Å². The summed E-state index contributed by atoms with van der Waals surface area (Å²) in [6.45, 7) is 3.60. The number of nitrogens with one attached hydrogen (secondary N) is 2. The minimum atomic E-state index is -0.867. The van der Waals surface area contributed by atoms with E-state index in [1.165, 1.54) is 18.2 Å². The van der Waals surface area contributed by atoms with Crippen LogP contribution in [0.5, 0.6) is 0 Å². The molecule has 0 aliphatic carbocycles. The first-order valence-electron chi connectivity index (χ1n) is 9.03. The van der Waals surface area contributed by atoms with Crippen molar-refractivity contribution in [3.05, 3.63) is 64.4 Å². The molecule has 1 heterocycles. The number of rotatable bonds is 5. The van der Waals surface area contributed by atoms with Crippen LogP contribution >= 0.6 is 11.6 Å². The molecule has 1 saturated heterocycles. The maximum absolute atomic E-state index is 13.4. The van der Waals surface area contributed by atoms with E-state index in [1.54, 1.807) is 19.1 Å². The van der Waals surface area contributed by atoms with E-state index >= 15 is 0 Å². The number of carbonyl (C=O) groups is 1. The maximum Gasteiger partial charge on any atom is 0.315 e. The number of nitrogens with zero attached hydrogens (tertiary/aromatic N) is 1. The van der Waals surface area contributed by atoms with Crippen LogP contribution in [0.25, 0.3) is 0 Å². The van der Waals surface area contributed by atoms with Crippen LogP contribution < -0.4 is 15.5 Å². The number of urea groups is 1. The fourth-order valence-electron chi connectivity index (χ4n) is 3.27. The molecule has 2 amide bonds. The molecule has 150 valence electrons. The lowest BCUT2D eigenvalue weighted by Gasteiger charge is -2.20. The van der Waals surface area contributed by atoms with Gasteiger partial charge in [-0.1, -0.05) is 17.7 Å². The molecular weight excluding hydrogens is 391 g/mol. The monoisotopic (exact) mass is 411 g/mol. The fraction of sp³-hybridized carbons (Fsp3) is 0.350. The quantitative estimate of drug-likeness (QED) is 0.752. The number of hydrogen-bond donors (Lipinski definition) is 2. The minimum absolute atomic E-state index is 0.00911. The molecule has 0 saturated carbocycles. The van der Waals surface area contributed by atoms with Gasteiger partial charge in [0.1, 0.15) is 5.82 Å². The van der Waals surface area contributed by atoms with Gasteiger partial charge in [0.25, 0.3) is 0 Å². The Morgan fingerprint density at radius 2 is 1.93 bits per heavy atom.